The number of carbonyl (C=O) groups excluding carboxylic acids is 2. The molecule has 2 aliphatic carbocycles. The van der Waals surface area contributed by atoms with Crippen molar-refractivity contribution < 1.29 is 18.7 Å². The van der Waals surface area contributed by atoms with Crippen LogP contribution in [0.2, 0.25) is 0 Å². The van der Waals surface area contributed by atoms with Crippen molar-refractivity contribution >= 4 is 36.2 Å². The first-order valence-corrected chi connectivity index (χ1v) is 13.9. The Labute approximate surface area is 234 Å². The number of ether oxygens (including phenoxy) is 1. The van der Waals surface area contributed by atoms with Gasteiger partial charge < -0.3 is 19.9 Å². The fraction of sp³-hybridized carbons (Fsp3) is 0.355. The van der Waals surface area contributed by atoms with Crippen molar-refractivity contribution in [3.63, 3.8) is 0 Å². The Kier molecular flexibility index (Phi) is 8.12. The third kappa shape index (κ3) is 5.91. The van der Waals surface area contributed by atoms with Gasteiger partial charge in [0.15, 0.2) is 0 Å². The predicted molar refractivity (Wildman–Crippen MR) is 156 cm³/mol. The maximum absolute atomic E-state index is 14.8. The number of hydrogen-bond donors (Lipinski definition) is 3. The topological polar surface area (TPSA) is 74.4 Å². The van der Waals surface area contributed by atoms with Gasteiger partial charge >= 0.3 is 0 Å². The molecule has 0 spiro atoms. The molecule has 8 heteroatoms. The van der Waals surface area contributed by atoms with Crippen LogP contribution < -0.4 is 15.0 Å². The molecule has 2 amide bonds. The minimum absolute atomic E-state index is 0.0982. The van der Waals surface area contributed by atoms with Gasteiger partial charge in [-0.2, -0.15) is 12.6 Å². The summed E-state index contributed by atoms with van der Waals surface area (Å²) in [4.78, 5) is 32.4. The van der Waals surface area contributed by atoms with E-state index in [0.29, 0.717) is 17.0 Å². The zero-order valence-corrected chi connectivity index (χ0v) is 23.1. The summed E-state index contributed by atoms with van der Waals surface area (Å²) in [6, 6.07) is 6.26. The largest absolute Gasteiger partial charge is 0.497 e. The molecular weight excluding hydrogens is 513 g/mol. The highest BCUT2D eigenvalue weighted by molar-refractivity contribution is 7.81. The van der Waals surface area contributed by atoms with Crippen LogP contribution in [-0.2, 0) is 28.9 Å². The van der Waals surface area contributed by atoms with E-state index in [2.05, 4.69) is 16.4 Å². The van der Waals surface area contributed by atoms with Gasteiger partial charge in [-0.3, -0.25) is 9.59 Å². The minimum Gasteiger partial charge on any atom is -0.497 e. The first-order chi connectivity index (χ1) is 18.8. The molecule has 0 saturated carbocycles. The molecule has 6 nitrogen and oxygen atoms in total. The Morgan fingerprint density at radius 3 is 2.74 bits per heavy atom. The molecule has 0 saturated heterocycles. The Balaban J connectivity index is 1.49. The average Bonchev–Trinajstić information content (AvgIpc) is 3.08. The molecule has 3 aliphatic rings. The number of nitrogens with one attached hydrogen (secondary N) is 2. The van der Waals surface area contributed by atoms with E-state index in [-0.39, 0.29) is 41.7 Å². The number of nitrogens with zero attached hydrogens (tertiary/aromatic N) is 1. The third-order valence-electron chi connectivity index (χ3n) is 7.80. The number of methoxy groups -OCH3 is 1. The number of halogens is 1. The monoisotopic (exact) mass is 547 g/mol. The molecule has 39 heavy (non-hydrogen) atoms. The molecule has 0 radical (unpaired) electrons. The van der Waals surface area contributed by atoms with Gasteiger partial charge in [0.25, 0.3) is 0 Å². The zero-order valence-electron chi connectivity index (χ0n) is 22.2. The van der Waals surface area contributed by atoms with Gasteiger partial charge in [0.1, 0.15) is 17.6 Å². The van der Waals surface area contributed by atoms with E-state index >= 15 is 0 Å². The first-order valence-electron chi connectivity index (χ1n) is 13.4. The summed E-state index contributed by atoms with van der Waals surface area (Å²) in [6.07, 6.45) is 14.7. The van der Waals surface area contributed by atoms with Crippen LogP contribution >= 0.6 is 12.6 Å². The number of carbonyl (C=O) groups is 2. The number of H-pyrrole nitrogens is 1. The van der Waals surface area contributed by atoms with Gasteiger partial charge in [0.2, 0.25) is 11.8 Å². The maximum atomic E-state index is 14.8. The second-order valence-corrected chi connectivity index (χ2v) is 10.9. The Morgan fingerprint density at radius 2 is 1.97 bits per heavy atom. The van der Waals surface area contributed by atoms with Gasteiger partial charge in [-0.15, -0.1) is 0 Å². The highest BCUT2D eigenvalue weighted by Gasteiger charge is 2.32. The van der Waals surface area contributed by atoms with Crippen LogP contribution in [0.3, 0.4) is 0 Å². The normalized spacial score (nSPS) is 23.0. The van der Waals surface area contributed by atoms with Crippen LogP contribution in [0.4, 0.5) is 10.1 Å². The lowest BCUT2D eigenvalue weighted by Crippen LogP contribution is -2.48. The predicted octanol–water partition coefficient (Wildman–Crippen LogP) is 5.27. The van der Waals surface area contributed by atoms with Crippen molar-refractivity contribution in [3.8, 4) is 5.75 Å². The molecular formula is C31H34FN3O3S. The lowest BCUT2D eigenvalue weighted by molar-refractivity contribution is -0.127. The summed E-state index contributed by atoms with van der Waals surface area (Å²) in [5.74, 6) is -0.267. The summed E-state index contributed by atoms with van der Waals surface area (Å²) < 4.78 is 20.0. The van der Waals surface area contributed by atoms with Gasteiger partial charge in [0, 0.05) is 35.8 Å². The summed E-state index contributed by atoms with van der Waals surface area (Å²) in [6.45, 7) is 0. The van der Waals surface area contributed by atoms with E-state index in [0.717, 1.165) is 48.2 Å². The van der Waals surface area contributed by atoms with Gasteiger partial charge in [-0.25, -0.2) is 4.39 Å². The second-order valence-electron chi connectivity index (χ2n) is 10.3. The number of aryl methyl sites for hydroxylation is 1. The molecule has 2 unspecified atom stereocenters. The molecule has 0 fully saturated rings. The SMILES string of the molecule is COc1ccc(N(C)C(=O)[C@@H]2CC3=CC(F)=CC(CCCc4[nH]c5c(c4CC(=O)N2)C=CC=CC5)C3S)cc1. The van der Waals surface area contributed by atoms with Crippen LogP contribution in [0, 0.1) is 5.92 Å². The van der Waals surface area contributed by atoms with E-state index in [9.17, 15) is 14.0 Å². The molecule has 204 valence electrons. The minimum atomic E-state index is -0.879. The molecule has 3 atom stereocenters. The number of thiol groups is 1. The van der Waals surface area contributed by atoms with E-state index < -0.39 is 6.04 Å². The lowest BCUT2D eigenvalue weighted by Gasteiger charge is -2.30. The molecule has 2 aromatic rings. The van der Waals surface area contributed by atoms with E-state index in [1.54, 1.807) is 44.5 Å². The quantitative estimate of drug-likeness (QED) is 0.458. The summed E-state index contributed by atoms with van der Waals surface area (Å²) in [7, 11) is 3.26. The number of aromatic nitrogens is 1. The van der Waals surface area contributed by atoms with Crippen LogP contribution in [0.25, 0.3) is 6.08 Å². The average molecular weight is 548 g/mol. The number of allylic oxidation sites excluding steroid dienone is 6. The fourth-order valence-electron chi connectivity index (χ4n) is 5.69. The Bertz CT molecular complexity index is 1370. The molecule has 1 aromatic heterocycles. The van der Waals surface area contributed by atoms with Gasteiger partial charge in [0.05, 0.1) is 13.5 Å². The highest BCUT2D eigenvalue weighted by atomic mass is 32.1. The molecule has 1 aromatic carbocycles. The number of benzene rings is 1. The molecule has 2 N–H and O–H groups in total. The first kappa shape index (κ1) is 27.1. The van der Waals surface area contributed by atoms with Crippen molar-refractivity contribution in [1.82, 2.24) is 10.3 Å². The van der Waals surface area contributed by atoms with E-state index in [4.69, 9.17) is 17.4 Å². The maximum Gasteiger partial charge on any atom is 0.249 e. The number of rotatable bonds is 3. The second kappa shape index (κ2) is 11.7. The van der Waals surface area contributed by atoms with Gasteiger partial charge in [-0.05, 0) is 79.1 Å². The number of hydrogen-bond acceptors (Lipinski definition) is 4. The zero-order chi connectivity index (χ0) is 27.5. The van der Waals surface area contributed by atoms with Crippen molar-refractivity contribution in [2.24, 2.45) is 5.92 Å². The molecule has 5 rings (SSSR count). The van der Waals surface area contributed by atoms with Crippen LogP contribution in [0.15, 0.2) is 66.0 Å². The van der Waals surface area contributed by atoms with Crippen molar-refractivity contribution in [1.29, 1.82) is 0 Å². The highest BCUT2D eigenvalue weighted by Crippen LogP contribution is 2.35. The number of anilines is 1. The number of likely N-dealkylation sites (N-methyl/N-ethyl adjacent to an activating group) is 1. The van der Waals surface area contributed by atoms with Crippen LogP contribution in [0.5, 0.6) is 5.75 Å². The number of aromatic amines is 1. The Hall–Kier alpha value is -3.52. The van der Waals surface area contributed by atoms with Crippen molar-refractivity contribution in [2.45, 2.75) is 49.8 Å². The lowest BCUT2D eigenvalue weighted by atomic mass is 9.86. The van der Waals surface area contributed by atoms with E-state index in [1.165, 1.54) is 11.0 Å². The molecule has 2 heterocycles. The smallest absolute Gasteiger partial charge is 0.249 e. The van der Waals surface area contributed by atoms with Gasteiger partial charge in [-0.1, -0.05) is 29.9 Å². The third-order valence-corrected chi connectivity index (χ3v) is 8.51. The summed E-state index contributed by atoms with van der Waals surface area (Å²) >= 11 is 4.86. The van der Waals surface area contributed by atoms with Crippen LogP contribution in [-0.4, -0.2) is 42.2 Å². The Morgan fingerprint density at radius 1 is 1.18 bits per heavy atom. The summed E-state index contributed by atoms with van der Waals surface area (Å²) in [5, 5.41) is 2.76. The fourth-order valence-corrected chi connectivity index (χ4v) is 6.10. The van der Waals surface area contributed by atoms with E-state index in [1.807, 2.05) is 18.2 Å². The summed E-state index contributed by atoms with van der Waals surface area (Å²) in [5.41, 5.74) is 5.49. The van der Waals surface area contributed by atoms with Crippen LogP contribution in [0.1, 0.15) is 41.8 Å². The van der Waals surface area contributed by atoms with Crippen molar-refractivity contribution in [2.75, 3.05) is 19.1 Å². The molecule has 1 aliphatic heterocycles. The molecule has 2 bridgehead atoms. The number of fused-ring (bicyclic) bond motifs is 5. The van der Waals surface area contributed by atoms with Crippen molar-refractivity contribution in [3.05, 3.63) is 88.6 Å². The standard InChI is InChI=1S/C31H34FN3O3S/c1-35(22-11-13-23(38-2)14-12-22)31(37)28-17-20-16-21(32)15-19(30(20)39)7-6-10-27-25(18-29(36)34-28)24-8-4-3-5-9-26(24)33-27/h3-5,8,11-16,19,28,30,33,39H,6-7,9-10,17-18H2,1-2H3,(H,34,36)/t19?,28-,30?/m0/s1. The number of amides is 2.